The van der Waals surface area contributed by atoms with Crippen LogP contribution in [-0.4, -0.2) is 26.8 Å². The summed E-state index contributed by atoms with van der Waals surface area (Å²) in [4.78, 5) is 0. The Balaban J connectivity index is 0.00000200. The van der Waals surface area contributed by atoms with Gasteiger partial charge in [-0.25, -0.2) is 0 Å². The molecule has 0 fully saturated rings. The number of aryl methyl sites for hydroxylation is 1. The molecule has 1 aromatic rings. The number of nitrogens with one attached hydrogen (secondary N) is 1. The Labute approximate surface area is 128 Å². The van der Waals surface area contributed by atoms with E-state index in [9.17, 15) is 0 Å². The van der Waals surface area contributed by atoms with Crippen LogP contribution in [0.15, 0.2) is 12.1 Å². The van der Waals surface area contributed by atoms with Gasteiger partial charge in [-0.1, -0.05) is 13.8 Å². The fraction of sp³-hybridized carbons (Fsp3) is 0.625. The lowest BCUT2D eigenvalue weighted by Crippen LogP contribution is -2.29. The third-order valence-electron chi connectivity index (χ3n) is 3.86. The van der Waals surface area contributed by atoms with E-state index in [0.29, 0.717) is 12.0 Å². The molecule has 0 aliphatic heterocycles. The summed E-state index contributed by atoms with van der Waals surface area (Å²) in [6, 6.07) is 4.85. The lowest BCUT2D eigenvalue weighted by atomic mass is 9.82. The minimum atomic E-state index is 0. The number of methoxy groups -OCH3 is 2. The van der Waals surface area contributed by atoms with Crippen LogP contribution in [0.4, 0.5) is 0 Å². The van der Waals surface area contributed by atoms with Gasteiger partial charge < -0.3 is 14.8 Å². The summed E-state index contributed by atoms with van der Waals surface area (Å²) in [6.45, 7) is 5.43. The zero-order chi connectivity index (χ0) is 13.8. The molecule has 0 bridgehead atoms. The quantitative estimate of drug-likeness (QED) is 0.902. The first kappa shape index (κ1) is 17.1. The predicted molar refractivity (Wildman–Crippen MR) is 85.6 cm³/mol. The maximum atomic E-state index is 5.43. The van der Waals surface area contributed by atoms with Crippen molar-refractivity contribution in [1.82, 2.24) is 5.32 Å². The molecule has 1 aliphatic carbocycles. The van der Waals surface area contributed by atoms with Gasteiger partial charge in [0.05, 0.1) is 14.2 Å². The number of halogens is 1. The zero-order valence-electron chi connectivity index (χ0n) is 12.9. The molecule has 0 amide bonds. The van der Waals surface area contributed by atoms with E-state index in [-0.39, 0.29) is 12.4 Å². The Morgan fingerprint density at radius 2 is 1.85 bits per heavy atom. The Morgan fingerprint density at radius 1 is 1.20 bits per heavy atom. The molecule has 2 rings (SSSR count). The summed E-state index contributed by atoms with van der Waals surface area (Å²) in [5, 5.41) is 3.55. The van der Waals surface area contributed by atoms with Crippen molar-refractivity contribution < 1.29 is 9.47 Å². The SMILES string of the molecule is COc1cc2c(cc1OC)C(CNC(C)C)CCC2.Cl. The summed E-state index contributed by atoms with van der Waals surface area (Å²) < 4.78 is 10.8. The number of fused-ring (bicyclic) bond motifs is 1. The maximum absolute atomic E-state index is 5.43. The van der Waals surface area contributed by atoms with E-state index < -0.39 is 0 Å². The molecule has 1 aromatic carbocycles. The fourth-order valence-electron chi connectivity index (χ4n) is 2.82. The smallest absolute Gasteiger partial charge is 0.161 e. The average molecular weight is 300 g/mol. The molecule has 1 N–H and O–H groups in total. The molecule has 1 atom stereocenters. The monoisotopic (exact) mass is 299 g/mol. The molecule has 1 unspecified atom stereocenters. The first-order valence-corrected chi connectivity index (χ1v) is 7.14. The van der Waals surface area contributed by atoms with E-state index in [0.717, 1.165) is 24.5 Å². The largest absolute Gasteiger partial charge is 0.493 e. The minimum absolute atomic E-state index is 0. The van der Waals surface area contributed by atoms with Gasteiger partial charge >= 0.3 is 0 Å². The average Bonchev–Trinajstić information content (AvgIpc) is 2.43. The van der Waals surface area contributed by atoms with Crippen LogP contribution >= 0.6 is 12.4 Å². The van der Waals surface area contributed by atoms with Crippen molar-refractivity contribution in [1.29, 1.82) is 0 Å². The van der Waals surface area contributed by atoms with Crippen LogP contribution in [0.1, 0.15) is 43.7 Å². The Morgan fingerprint density at radius 3 is 2.45 bits per heavy atom. The highest BCUT2D eigenvalue weighted by molar-refractivity contribution is 5.85. The second-order valence-electron chi connectivity index (χ2n) is 5.56. The molecule has 0 radical (unpaired) electrons. The van der Waals surface area contributed by atoms with Crippen LogP contribution in [0.25, 0.3) is 0 Å². The van der Waals surface area contributed by atoms with Crippen molar-refractivity contribution >= 4 is 12.4 Å². The number of rotatable bonds is 5. The van der Waals surface area contributed by atoms with Crippen LogP contribution in [0.2, 0.25) is 0 Å². The molecule has 1 aliphatic rings. The normalized spacial score (nSPS) is 17.4. The second-order valence-corrected chi connectivity index (χ2v) is 5.56. The van der Waals surface area contributed by atoms with Gasteiger partial charge in [0.2, 0.25) is 0 Å². The van der Waals surface area contributed by atoms with Gasteiger partial charge in [-0.3, -0.25) is 0 Å². The number of hydrogen-bond donors (Lipinski definition) is 1. The standard InChI is InChI=1S/C16H25NO2.ClH/c1-11(2)17-10-13-7-5-6-12-8-15(18-3)16(19-4)9-14(12)13;/h8-9,11,13,17H,5-7,10H2,1-4H3;1H. The summed E-state index contributed by atoms with van der Waals surface area (Å²) in [5.41, 5.74) is 2.84. The van der Waals surface area contributed by atoms with Crippen molar-refractivity contribution in [3.8, 4) is 11.5 Å². The molecule has 0 saturated carbocycles. The first-order chi connectivity index (χ1) is 9.15. The van der Waals surface area contributed by atoms with Crippen LogP contribution in [0.3, 0.4) is 0 Å². The Kier molecular flexibility index (Phi) is 6.63. The topological polar surface area (TPSA) is 30.5 Å². The van der Waals surface area contributed by atoms with E-state index in [4.69, 9.17) is 9.47 Å². The third kappa shape index (κ3) is 3.80. The van der Waals surface area contributed by atoms with E-state index in [1.54, 1.807) is 14.2 Å². The summed E-state index contributed by atoms with van der Waals surface area (Å²) >= 11 is 0. The van der Waals surface area contributed by atoms with Crippen LogP contribution < -0.4 is 14.8 Å². The Bertz CT molecular complexity index is 435. The van der Waals surface area contributed by atoms with Crippen LogP contribution in [0.5, 0.6) is 11.5 Å². The van der Waals surface area contributed by atoms with Crippen molar-refractivity contribution in [2.24, 2.45) is 0 Å². The number of hydrogen-bond acceptors (Lipinski definition) is 3. The van der Waals surface area contributed by atoms with E-state index >= 15 is 0 Å². The minimum Gasteiger partial charge on any atom is -0.493 e. The van der Waals surface area contributed by atoms with Crippen molar-refractivity contribution in [3.05, 3.63) is 23.3 Å². The maximum Gasteiger partial charge on any atom is 0.161 e. The van der Waals surface area contributed by atoms with Crippen molar-refractivity contribution in [2.45, 2.75) is 45.1 Å². The summed E-state index contributed by atoms with van der Waals surface area (Å²) in [7, 11) is 3.40. The molecular weight excluding hydrogens is 274 g/mol. The second kappa shape index (κ2) is 7.75. The van der Waals surface area contributed by atoms with Gasteiger partial charge in [0.1, 0.15) is 0 Å². The highest BCUT2D eigenvalue weighted by atomic mass is 35.5. The Hall–Kier alpha value is -0.930. The van der Waals surface area contributed by atoms with E-state index in [1.807, 2.05) is 0 Å². The fourth-order valence-corrected chi connectivity index (χ4v) is 2.82. The number of benzene rings is 1. The van der Waals surface area contributed by atoms with Crippen molar-refractivity contribution in [3.63, 3.8) is 0 Å². The van der Waals surface area contributed by atoms with Gasteiger partial charge in [-0.15, -0.1) is 12.4 Å². The van der Waals surface area contributed by atoms with Gasteiger partial charge in [-0.2, -0.15) is 0 Å². The lowest BCUT2D eigenvalue weighted by molar-refractivity contribution is 0.352. The zero-order valence-corrected chi connectivity index (χ0v) is 13.7. The van der Waals surface area contributed by atoms with Gasteiger partial charge in [0.15, 0.2) is 11.5 Å². The van der Waals surface area contributed by atoms with Crippen molar-refractivity contribution in [2.75, 3.05) is 20.8 Å². The molecule has 4 heteroatoms. The van der Waals surface area contributed by atoms with Crippen LogP contribution in [0, 0.1) is 0 Å². The lowest BCUT2D eigenvalue weighted by Gasteiger charge is -2.27. The molecular formula is C16H26ClNO2. The first-order valence-electron chi connectivity index (χ1n) is 7.14. The molecule has 0 aromatic heterocycles. The van der Waals surface area contributed by atoms with Gasteiger partial charge in [-0.05, 0) is 48.4 Å². The summed E-state index contributed by atoms with van der Waals surface area (Å²) in [6.07, 6.45) is 3.66. The van der Waals surface area contributed by atoms with Gasteiger partial charge in [0.25, 0.3) is 0 Å². The molecule has 114 valence electrons. The van der Waals surface area contributed by atoms with Gasteiger partial charge in [0, 0.05) is 12.6 Å². The highest BCUT2D eigenvalue weighted by Crippen LogP contribution is 2.38. The number of ether oxygens (including phenoxy) is 2. The third-order valence-corrected chi connectivity index (χ3v) is 3.86. The molecule has 0 heterocycles. The van der Waals surface area contributed by atoms with Crippen LogP contribution in [-0.2, 0) is 6.42 Å². The van der Waals surface area contributed by atoms with E-state index in [2.05, 4.69) is 31.3 Å². The molecule has 20 heavy (non-hydrogen) atoms. The molecule has 3 nitrogen and oxygen atoms in total. The molecule has 0 saturated heterocycles. The van der Waals surface area contributed by atoms with E-state index in [1.165, 1.54) is 24.0 Å². The highest BCUT2D eigenvalue weighted by Gasteiger charge is 2.22. The summed E-state index contributed by atoms with van der Waals surface area (Å²) in [5.74, 6) is 2.28. The predicted octanol–water partition coefficient (Wildman–Crippen LogP) is 3.54. The molecule has 0 spiro atoms.